The molecule has 3 unspecified atom stereocenters. The predicted molar refractivity (Wildman–Crippen MR) is 69.4 cm³/mol. The van der Waals surface area contributed by atoms with Crippen molar-refractivity contribution in [2.75, 3.05) is 6.54 Å². The maximum absolute atomic E-state index is 6.51. The summed E-state index contributed by atoms with van der Waals surface area (Å²) >= 11 is 0. The number of rotatable bonds is 1. The lowest BCUT2D eigenvalue weighted by atomic mass is 9.70. The van der Waals surface area contributed by atoms with Gasteiger partial charge in [-0.2, -0.15) is 0 Å². The molecule has 1 heterocycles. The Labute approximate surface area is 101 Å². The van der Waals surface area contributed by atoms with Crippen LogP contribution in [0.2, 0.25) is 0 Å². The Balaban J connectivity index is 2.07. The van der Waals surface area contributed by atoms with Gasteiger partial charge in [-0.1, -0.05) is 26.7 Å². The van der Waals surface area contributed by atoms with Crippen LogP contribution in [0.3, 0.4) is 0 Å². The van der Waals surface area contributed by atoms with Gasteiger partial charge in [0.2, 0.25) is 0 Å². The van der Waals surface area contributed by atoms with Crippen LogP contribution in [0.1, 0.15) is 59.3 Å². The molecule has 1 aliphatic heterocycles. The zero-order valence-corrected chi connectivity index (χ0v) is 11.2. The van der Waals surface area contributed by atoms with Crippen molar-refractivity contribution < 1.29 is 0 Å². The van der Waals surface area contributed by atoms with E-state index in [0.717, 1.165) is 6.04 Å². The lowest BCUT2D eigenvalue weighted by Gasteiger charge is -2.49. The Kier molecular flexibility index (Phi) is 3.60. The van der Waals surface area contributed by atoms with Crippen LogP contribution in [0, 0.1) is 5.41 Å². The van der Waals surface area contributed by atoms with E-state index in [2.05, 4.69) is 25.7 Å². The van der Waals surface area contributed by atoms with Crippen LogP contribution in [0.15, 0.2) is 0 Å². The number of likely N-dealkylation sites (tertiary alicyclic amines) is 1. The molecule has 2 rings (SSSR count). The molecule has 1 saturated heterocycles. The Morgan fingerprint density at radius 1 is 1.12 bits per heavy atom. The van der Waals surface area contributed by atoms with Gasteiger partial charge in [-0.05, 0) is 44.6 Å². The van der Waals surface area contributed by atoms with E-state index in [0.29, 0.717) is 17.5 Å². The standard InChI is InChI=1S/C14H28N2/c1-11-7-4-5-10-16(11)12-8-6-9-14(2,3)13(12)15/h11-13H,4-10,15H2,1-3H3. The SMILES string of the molecule is CC1CCCCN1C1CCCC(C)(C)C1N. The van der Waals surface area contributed by atoms with Crippen molar-refractivity contribution in [3.8, 4) is 0 Å². The molecule has 2 nitrogen and oxygen atoms in total. The number of piperidine rings is 1. The summed E-state index contributed by atoms with van der Waals surface area (Å²) in [4.78, 5) is 2.70. The molecular weight excluding hydrogens is 196 g/mol. The molecule has 16 heavy (non-hydrogen) atoms. The fourth-order valence-corrected chi connectivity index (χ4v) is 3.62. The third kappa shape index (κ3) is 2.28. The van der Waals surface area contributed by atoms with Gasteiger partial charge in [0.05, 0.1) is 0 Å². The molecule has 2 N–H and O–H groups in total. The Morgan fingerprint density at radius 2 is 1.88 bits per heavy atom. The minimum absolute atomic E-state index is 0.333. The fourth-order valence-electron chi connectivity index (χ4n) is 3.62. The van der Waals surface area contributed by atoms with E-state index in [9.17, 15) is 0 Å². The largest absolute Gasteiger partial charge is 0.326 e. The summed E-state index contributed by atoms with van der Waals surface area (Å²) in [6.07, 6.45) is 8.11. The van der Waals surface area contributed by atoms with Gasteiger partial charge in [-0.15, -0.1) is 0 Å². The topological polar surface area (TPSA) is 29.3 Å². The van der Waals surface area contributed by atoms with Crippen molar-refractivity contribution >= 4 is 0 Å². The first kappa shape index (κ1) is 12.4. The summed E-state index contributed by atoms with van der Waals surface area (Å²) in [5.74, 6) is 0. The van der Waals surface area contributed by atoms with Gasteiger partial charge in [0, 0.05) is 18.1 Å². The predicted octanol–water partition coefficient (Wildman–Crippen LogP) is 2.77. The van der Waals surface area contributed by atoms with Crippen molar-refractivity contribution in [1.29, 1.82) is 0 Å². The minimum Gasteiger partial charge on any atom is -0.326 e. The van der Waals surface area contributed by atoms with Crippen LogP contribution in [-0.4, -0.2) is 29.6 Å². The second-order valence-corrected chi connectivity index (χ2v) is 6.56. The number of nitrogens with two attached hydrogens (primary N) is 1. The van der Waals surface area contributed by atoms with Gasteiger partial charge in [0.25, 0.3) is 0 Å². The monoisotopic (exact) mass is 224 g/mol. The van der Waals surface area contributed by atoms with E-state index in [1.165, 1.54) is 45.1 Å². The lowest BCUT2D eigenvalue weighted by molar-refractivity contribution is 0.0265. The average molecular weight is 224 g/mol. The van der Waals surface area contributed by atoms with Crippen LogP contribution < -0.4 is 5.73 Å². The van der Waals surface area contributed by atoms with Gasteiger partial charge >= 0.3 is 0 Å². The molecule has 0 aromatic heterocycles. The fraction of sp³-hybridized carbons (Fsp3) is 1.00. The molecule has 0 bridgehead atoms. The van der Waals surface area contributed by atoms with E-state index >= 15 is 0 Å². The first-order valence-corrected chi connectivity index (χ1v) is 7.04. The van der Waals surface area contributed by atoms with Crippen molar-refractivity contribution in [2.45, 2.75) is 77.4 Å². The third-order valence-corrected chi connectivity index (χ3v) is 4.92. The molecule has 0 aromatic rings. The summed E-state index contributed by atoms with van der Waals surface area (Å²) in [6.45, 7) is 8.35. The summed E-state index contributed by atoms with van der Waals surface area (Å²) in [7, 11) is 0. The van der Waals surface area contributed by atoms with E-state index in [-0.39, 0.29) is 0 Å². The van der Waals surface area contributed by atoms with Gasteiger partial charge < -0.3 is 5.73 Å². The van der Waals surface area contributed by atoms with Gasteiger partial charge in [-0.25, -0.2) is 0 Å². The Hall–Kier alpha value is -0.0800. The van der Waals surface area contributed by atoms with Crippen LogP contribution in [0.5, 0.6) is 0 Å². The van der Waals surface area contributed by atoms with E-state index in [1.807, 2.05) is 0 Å². The van der Waals surface area contributed by atoms with Crippen molar-refractivity contribution in [3.63, 3.8) is 0 Å². The maximum Gasteiger partial charge on any atom is 0.0255 e. The quantitative estimate of drug-likeness (QED) is 0.742. The van der Waals surface area contributed by atoms with Gasteiger partial charge in [0.1, 0.15) is 0 Å². The van der Waals surface area contributed by atoms with Crippen molar-refractivity contribution in [3.05, 3.63) is 0 Å². The molecule has 3 atom stereocenters. The minimum atomic E-state index is 0.333. The van der Waals surface area contributed by atoms with Crippen LogP contribution in [0.4, 0.5) is 0 Å². The van der Waals surface area contributed by atoms with Gasteiger partial charge in [-0.3, -0.25) is 4.90 Å². The summed E-state index contributed by atoms with van der Waals surface area (Å²) in [5, 5.41) is 0. The molecule has 2 heteroatoms. The molecule has 0 aromatic carbocycles. The molecule has 1 saturated carbocycles. The van der Waals surface area contributed by atoms with E-state index in [4.69, 9.17) is 5.73 Å². The normalized spacial score (nSPS) is 40.9. The first-order valence-electron chi connectivity index (χ1n) is 7.04. The highest BCUT2D eigenvalue weighted by Crippen LogP contribution is 2.38. The van der Waals surface area contributed by atoms with Crippen molar-refractivity contribution in [1.82, 2.24) is 4.90 Å². The van der Waals surface area contributed by atoms with Crippen LogP contribution in [-0.2, 0) is 0 Å². The molecule has 1 aliphatic carbocycles. The summed E-state index contributed by atoms with van der Waals surface area (Å²) < 4.78 is 0. The lowest BCUT2D eigenvalue weighted by Crippen LogP contribution is -2.59. The molecule has 2 fully saturated rings. The zero-order chi connectivity index (χ0) is 11.8. The Bertz CT molecular complexity index is 237. The maximum atomic E-state index is 6.51. The first-order chi connectivity index (χ1) is 7.52. The third-order valence-electron chi connectivity index (χ3n) is 4.92. The molecule has 94 valence electrons. The smallest absolute Gasteiger partial charge is 0.0255 e. The zero-order valence-electron chi connectivity index (χ0n) is 11.2. The summed E-state index contributed by atoms with van der Waals surface area (Å²) in [6, 6.07) is 1.75. The van der Waals surface area contributed by atoms with E-state index < -0.39 is 0 Å². The van der Waals surface area contributed by atoms with Gasteiger partial charge in [0.15, 0.2) is 0 Å². The average Bonchev–Trinajstić information content (AvgIpc) is 2.23. The molecule has 0 amide bonds. The van der Waals surface area contributed by atoms with Crippen LogP contribution in [0.25, 0.3) is 0 Å². The Morgan fingerprint density at radius 3 is 2.56 bits per heavy atom. The number of nitrogens with zero attached hydrogens (tertiary/aromatic N) is 1. The molecule has 0 spiro atoms. The highest BCUT2D eigenvalue weighted by molar-refractivity contribution is 4.97. The van der Waals surface area contributed by atoms with E-state index in [1.54, 1.807) is 0 Å². The second-order valence-electron chi connectivity index (χ2n) is 6.56. The highest BCUT2D eigenvalue weighted by Gasteiger charge is 2.40. The summed E-state index contributed by atoms with van der Waals surface area (Å²) in [5.41, 5.74) is 6.84. The molecular formula is C14H28N2. The molecule has 2 aliphatic rings. The van der Waals surface area contributed by atoms with Crippen molar-refractivity contribution in [2.24, 2.45) is 11.1 Å². The highest BCUT2D eigenvalue weighted by atomic mass is 15.2. The number of hydrogen-bond donors (Lipinski definition) is 1. The van der Waals surface area contributed by atoms with Crippen LogP contribution >= 0.6 is 0 Å². The second kappa shape index (κ2) is 4.66. The number of hydrogen-bond acceptors (Lipinski definition) is 2. The molecule has 0 radical (unpaired) electrons.